The van der Waals surface area contributed by atoms with Crippen molar-refractivity contribution in [3.8, 4) is 0 Å². The van der Waals surface area contributed by atoms with Gasteiger partial charge in [0.05, 0.1) is 0 Å². The van der Waals surface area contributed by atoms with E-state index in [0.717, 1.165) is 11.1 Å². The van der Waals surface area contributed by atoms with E-state index < -0.39 is 18.0 Å². The Morgan fingerprint density at radius 1 is 1.09 bits per heavy atom. The van der Waals surface area contributed by atoms with Crippen LogP contribution in [0.5, 0.6) is 0 Å². The number of aromatic nitrogens is 1. The van der Waals surface area contributed by atoms with Crippen LogP contribution in [-0.2, 0) is 17.8 Å². The number of carbonyl (C=O) groups excluding carboxylic acids is 1. The van der Waals surface area contributed by atoms with E-state index in [1.807, 2.05) is 36.4 Å². The molecule has 3 N–H and O–H groups in total. The second-order valence-electron chi connectivity index (χ2n) is 4.77. The number of carboxylic acid groups (broad SMARTS) is 1. The van der Waals surface area contributed by atoms with Crippen molar-refractivity contribution in [1.29, 1.82) is 0 Å². The third kappa shape index (κ3) is 4.90. The van der Waals surface area contributed by atoms with Crippen molar-refractivity contribution in [2.75, 3.05) is 0 Å². The molecule has 0 aliphatic carbocycles. The van der Waals surface area contributed by atoms with E-state index in [1.165, 1.54) is 0 Å². The van der Waals surface area contributed by atoms with Gasteiger partial charge in [-0.05, 0) is 17.2 Å². The summed E-state index contributed by atoms with van der Waals surface area (Å²) in [5, 5.41) is 14.3. The van der Waals surface area contributed by atoms with Crippen molar-refractivity contribution in [2.24, 2.45) is 0 Å². The van der Waals surface area contributed by atoms with E-state index in [2.05, 4.69) is 15.6 Å². The van der Waals surface area contributed by atoms with Gasteiger partial charge >= 0.3 is 12.0 Å². The van der Waals surface area contributed by atoms with Gasteiger partial charge in [-0.3, -0.25) is 4.98 Å². The Bertz CT molecular complexity index is 617. The highest BCUT2D eigenvalue weighted by atomic mass is 16.4. The zero-order valence-electron chi connectivity index (χ0n) is 11.9. The van der Waals surface area contributed by atoms with Gasteiger partial charge in [-0.15, -0.1) is 0 Å². The Balaban J connectivity index is 1.88. The number of urea groups is 1. The van der Waals surface area contributed by atoms with Crippen LogP contribution in [0.1, 0.15) is 11.1 Å². The first-order chi connectivity index (χ1) is 10.6. The minimum absolute atomic E-state index is 0.233. The lowest BCUT2D eigenvalue weighted by Crippen LogP contribution is -2.46. The van der Waals surface area contributed by atoms with E-state index in [4.69, 9.17) is 0 Å². The number of aliphatic carboxylic acids is 1. The molecule has 0 radical (unpaired) electrons. The number of amides is 2. The SMILES string of the molecule is O=C(NCc1cccnc1)N[C@H](Cc1ccccc1)C(=O)O. The lowest BCUT2D eigenvalue weighted by molar-refractivity contribution is -0.139. The average molecular weight is 299 g/mol. The van der Waals surface area contributed by atoms with Gasteiger partial charge in [0, 0.05) is 25.4 Å². The molecule has 0 unspecified atom stereocenters. The summed E-state index contributed by atoms with van der Waals surface area (Å²) < 4.78 is 0. The summed E-state index contributed by atoms with van der Waals surface area (Å²) in [5.74, 6) is -1.07. The molecule has 6 nitrogen and oxygen atoms in total. The van der Waals surface area contributed by atoms with Gasteiger partial charge in [-0.25, -0.2) is 9.59 Å². The van der Waals surface area contributed by atoms with Gasteiger partial charge in [0.15, 0.2) is 0 Å². The second kappa shape index (κ2) is 7.78. The smallest absolute Gasteiger partial charge is 0.326 e. The highest BCUT2D eigenvalue weighted by molar-refractivity contribution is 5.82. The number of rotatable bonds is 6. The van der Waals surface area contributed by atoms with Gasteiger partial charge in [-0.1, -0.05) is 36.4 Å². The van der Waals surface area contributed by atoms with Crippen LogP contribution in [0.2, 0.25) is 0 Å². The van der Waals surface area contributed by atoms with Gasteiger partial charge in [0.2, 0.25) is 0 Å². The highest BCUT2D eigenvalue weighted by Gasteiger charge is 2.20. The molecule has 2 aromatic rings. The van der Waals surface area contributed by atoms with Crippen molar-refractivity contribution < 1.29 is 14.7 Å². The van der Waals surface area contributed by atoms with Crippen molar-refractivity contribution >= 4 is 12.0 Å². The lowest BCUT2D eigenvalue weighted by atomic mass is 10.1. The maximum absolute atomic E-state index is 11.8. The van der Waals surface area contributed by atoms with E-state index in [1.54, 1.807) is 18.5 Å². The van der Waals surface area contributed by atoms with Crippen molar-refractivity contribution in [1.82, 2.24) is 15.6 Å². The number of hydrogen-bond acceptors (Lipinski definition) is 3. The molecule has 0 aliphatic rings. The molecule has 0 aliphatic heterocycles. The average Bonchev–Trinajstić information content (AvgIpc) is 2.54. The highest BCUT2D eigenvalue weighted by Crippen LogP contribution is 2.03. The largest absolute Gasteiger partial charge is 0.480 e. The Kier molecular flexibility index (Phi) is 5.48. The van der Waals surface area contributed by atoms with Crippen LogP contribution in [0.4, 0.5) is 4.79 Å². The maximum atomic E-state index is 11.8. The fourth-order valence-corrected chi connectivity index (χ4v) is 1.94. The fraction of sp³-hybridized carbons (Fsp3) is 0.188. The zero-order chi connectivity index (χ0) is 15.8. The molecule has 2 rings (SSSR count). The Morgan fingerprint density at radius 2 is 1.82 bits per heavy atom. The first-order valence-corrected chi connectivity index (χ1v) is 6.85. The standard InChI is InChI=1S/C16H17N3O3/c20-15(21)14(9-12-5-2-1-3-6-12)19-16(22)18-11-13-7-4-8-17-10-13/h1-8,10,14H,9,11H2,(H,20,21)(H2,18,19,22)/t14-/m1/s1. The topological polar surface area (TPSA) is 91.3 Å². The molecular formula is C16H17N3O3. The first-order valence-electron chi connectivity index (χ1n) is 6.85. The molecule has 6 heteroatoms. The molecule has 114 valence electrons. The molecule has 2 amide bonds. The molecule has 0 bridgehead atoms. The van der Waals surface area contributed by atoms with E-state index in [-0.39, 0.29) is 13.0 Å². The predicted molar refractivity (Wildman–Crippen MR) is 81.2 cm³/mol. The normalized spacial score (nSPS) is 11.5. The molecule has 1 aromatic heterocycles. The van der Waals surface area contributed by atoms with Crippen LogP contribution in [0.25, 0.3) is 0 Å². The molecule has 1 atom stereocenters. The third-order valence-corrected chi connectivity index (χ3v) is 3.06. The Hall–Kier alpha value is -2.89. The Morgan fingerprint density at radius 3 is 2.45 bits per heavy atom. The summed E-state index contributed by atoms with van der Waals surface area (Å²) in [6, 6.07) is 11.3. The maximum Gasteiger partial charge on any atom is 0.326 e. The number of carboxylic acids is 1. The quantitative estimate of drug-likeness (QED) is 0.755. The van der Waals surface area contributed by atoms with Crippen molar-refractivity contribution in [3.63, 3.8) is 0 Å². The molecule has 0 spiro atoms. The molecule has 0 fully saturated rings. The minimum atomic E-state index is -1.07. The van der Waals surface area contributed by atoms with Crippen LogP contribution >= 0.6 is 0 Å². The number of nitrogens with one attached hydrogen (secondary N) is 2. The van der Waals surface area contributed by atoms with Crippen LogP contribution in [-0.4, -0.2) is 28.1 Å². The van der Waals surface area contributed by atoms with E-state index in [0.29, 0.717) is 0 Å². The predicted octanol–water partition coefficient (Wildman–Crippen LogP) is 1.58. The van der Waals surface area contributed by atoms with Crippen LogP contribution in [0.15, 0.2) is 54.9 Å². The van der Waals surface area contributed by atoms with Crippen molar-refractivity contribution in [3.05, 3.63) is 66.0 Å². The van der Waals surface area contributed by atoms with E-state index >= 15 is 0 Å². The summed E-state index contributed by atoms with van der Waals surface area (Å²) in [5.41, 5.74) is 1.69. The van der Waals surface area contributed by atoms with Crippen molar-refractivity contribution in [2.45, 2.75) is 19.0 Å². The second-order valence-corrected chi connectivity index (χ2v) is 4.77. The van der Waals surface area contributed by atoms with Gasteiger partial charge in [0.25, 0.3) is 0 Å². The number of pyridine rings is 1. The van der Waals surface area contributed by atoms with Gasteiger partial charge < -0.3 is 15.7 Å². The summed E-state index contributed by atoms with van der Waals surface area (Å²) in [4.78, 5) is 27.0. The summed E-state index contributed by atoms with van der Waals surface area (Å²) in [6.45, 7) is 0.289. The summed E-state index contributed by atoms with van der Waals surface area (Å²) in [7, 11) is 0. The molecule has 22 heavy (non-hydrogen) atoms. The zero-order valence-corrected chi connectivity index (χ0v) is 11.9. The number of carbonyl (C=O) groups is 2. The molecule has 0 saturated heterocycles. The Labute approximate surface area is 128 Å². The molecular weight excluding hydrogens is 282 g/mol. The van der Waals surface area contributed by atoms with Gasteiger partial charge in [-0.2, -0.15) is 0 Å². The van der Waals surface area contributed by atoms with Crippen LogP contribution in [0, 0.1) is 0 Å². The first kappa shape index (κ1) is 15.5. The molecule has 1 aromatic carbocycles. The van der Waals surface area contributed by atoms with Gasteiger partial charge in [0.1, 0.15) is 6.04 Å². The molecule has 1 heterocycles. The monoisotopic (exact) mass is 299 g/mol. The number of nitrogens with zero attached hydrogens (tertiary/aromatic N) is 1. The van der Waals surface area contributed by atoms with Crippen LogP contribution < -0.4 is 10.6 Å². The van der Waals surface area contributed by atoms with E-state index in [9.17, 15) is 14.7 Å². The summed E-state index contributed by atoms with van der Waals surface area (Å²) >= 11 is 0. The summed E-state index contributed by atoms with van der Waals surface area (Å²) in [6.07, 6.45) is 3.51. The molecule has 0 saturated carbocycles. The third-order valence-electron chi connectivity index (χ3n) is 3.06. The lowest BCUT2D eigenvalue weighted by Gasteiger charge is -2.15. The minimum Gasteiger partial charge on any atom is -0.480 e. The number of hydrogen-bond donors (Lipinski definition) is 3. The van der Waals surface area contributed by atoms with Crippen LogP contribution in [0.3, 0.4) is 0 Å². The number of benzene rings is 1. The fourth-order valence-electron chi connectivity index (χ4n) is 1.94.